The molecule has 0 unspecified atom stereocenters. The van der Waals surface area contributed by atoms with Crippen molar-refractivity contribution in [3.63, 3.8) is 0 Å². The average molecular weight is 1640 g/mol. The summed E-state index contributed by atoms with van der Waals surface area (Å²) in [6.45, 7) is 16.3. The van der Waals surface area contributed by atoms with Crippen LogP contribution in [0.25, 0.3) is 101 Å². The van der Waals surface area contributed by atoms with Crippen LogP contribution in [-0.2, 0) is 46.7 Å². The lowest BCUT2D eigenvalue weighted by atomic mass is 10.1. The molecule has 1 amide bonds. The molecule has 0 radical (unpaired) electrons. The number of carbonyl (C=O) groups is 1. The van der Waals surface area contributed by atoms with Gasteiger partial charge in [-0.1, -0.05) is 174 Å². The lowest BCUT2D eigenvalue weighted by Crippen LogP contribution is -2.45. The van der Waals surface area contributed by atoms with E-state index in [1.165, 1.54) is 23.8 Å². The molecule has 18 rings (SSSR count). The second-order valence-electron chi connectivity index (χ2n) is 29.5. The third kappa shape index (κ3) is 18.0. The predicted octanol–water partition coefficient (Wildman–Crippen LogP) is 13.4. The largest absolute Gasteiger partial charge is 0.355 e. The van der Waals surface area contributed by atoms with E-state index in [1.807, 2.05) is 125 Å². The Kier molecular flexibility index (Phi) is 24.5. The molecule has 5 aliphatic rings. The number of alkyl halides is 2. The van der Waals surface area contributed by atoms with Crippen LogP contribution in [0.15, 0.2) is 146 Å². The normalized spacial score (nSPS) is 16.0. The Hall–Kier alpha value is -9.69. The molecule has 0 spiro atoms. The van der Waals surface area contributed by atoms with Crippen molar-refractivity contribution in [3.05, 3.63) is 177 Å². The van der Waals surface area contributed by atoms with Crippen molar-refractivity contribution in [2.45, 2.75) is 83.5 Å². The molecule has 0 atom stereocenters. The van der Waals surface area contributed by atoms with Gasteiger partial charge >= 0.3 is 0 Å². The van der Waals surface area contributed by atoms with Gasteiger partial charge < -0.3 is 19.6 Å². The molecule has 4 aromatic carbocycles. The molecule has 5 fully saturated rings. The Balaban J connectivity index is 0.000000120. The van der Waals surface area contributed by atoms with E-state index in [1.54, 1.807) is 40.0 Å². The number of aryl methyl sites for hydroxylation is 1. The molecule has 0 bridgehead atoms. The number of fused-ring (bicyclic) bond motifs is 4. The summed E-state index contributed by atoms with van der Waals surface area (Å²) in [4.78, 5) is 30.7. The second kappa shape index (κ2) is 35.2. The lowest BCUT2D eigenvalue weighted by molar-refractivity contribution is -0.130. The fourth-order valence-corrected chi connectivity index (χ4v) is 16.4. The monoisotopic (exact) mass is 1640 g/mol. The van der Waals surface area contributed by atoms with Crippen LogP contribution in [-0.4, -0.2) is 241 Å². The highest BCUT2D eigenvalue weighted by molar-refractivity contribution is 7.90. The first-order valence-corrected chi connectivity index (χ1v) is 42.0. The van der Waals surface area contributed by atoms with E-state index < -0.39 is 21.5 Å². The van der Waals surface area contributed by atoms with Gasteiger partial charge in [-0.15, -0.1) is 40.8 Å². The molecule has 592 valence electrons. The molecule has 13 heterocycles. The first-order valence-electron chi connectivity index (χ1n) is 38.5. The Labute approximate surface area is 678 Å². The minimum Gasteiger partial charge on any atom is -0.355 e. The number of hydrogen-bond donors (Lipinski definition) is 0. The van der Waals surface area contributed by atoms with Crippen molar-refractivity contribution >= 4 is 112 Å². The van der Waals surface area contributed by atoms with Crippen molar-refractivity contribution < 1.29 is 22.0 Å². The minimum atomic E-state index is -3.25. The van der Waals surface area contributed by atoms with Crippen LogP contribution >= 0.6 is 46.4 Å². The van der Waals surface area contributed by atoms with Crippen molar-refractivity contribution in [2.24, 2.45) is 0 Å². The van der Waals surface area contributed by atoms with Crippen LogP contribution in [0.2, 0.25) is 20.1 Å². The summed E-state index contributed by atoms with van der Waals surface area (Å²) < 4.78 is 58.3. The lowest BCUT2D eigenvalue weighted by Gasteiger charge is -2.32. The number of rotatable bonds is 19. The van der Waals surface area contributed by atoms with Gasteiger partial charge in [-0.05, 0) is 64.8 Å². The SMILES string of the molecule is CC(F)(F)c1nn(CC(=O)N2CCCC2)c2nnc(-c3ccccc3)c(Cl)c12.CN1CCN(CCn2nc(-c3ccccn3)c3c(Cl)c(-c4ccccc4)nnc32)CC1.CN1CCN(CCn2nc(N3CCCC3)c3c(Cl)c(-c4ccccc4)nnc32)CC1.CS(=O)(=O)CCn1nc(C2CC2)c2c(Cl)c(-c3ccccc3)nnc21. The third-order valence-electron chi connectivity index (χ3n) is 21.1. The standard InChI is InChI=1S/C23H24ClN7.C22H28ClN7.C19H18ClF2N5O.C17H17ClN4O2S/c1-29-11-13-30(14-12-29)15-16-31-23-19(22(28-31)18-9-5-6-10-25-18)20(24)21(26-27-23)17-7-3-2-4-8-17;1-27-11-13-28(14-12-27)15-16-30-21-18(22(26-30)29-9-5-6-10-29)19(23)20(24-25-21)17-7-3-2-4-8-17;1-19(21,22)17-14-15(20)16(12-7-3-2-4-8-12)23-24-18(14)27(25-17)11-13(28)26-9-5-6-10-26;1-25(23,24)10-9-22-17-13(15(21-22)12-7-8-12)14(18)16(19-20-17)11-5-3-2-4-6-11/h2-10H,11-16H2,1H3;2-4,7-8H,5-6,9-16H2,1H3;2-4,7-8H,5-6,9-11H2,1H3;2-6,12H,7-10H2,1H3. The molecular weight excluding hydrogens is 1550 g/mol. The van der Waals surface area contributed by atoms with Gasteiger partial charge in [0.2, 0.25) is 5.91 Å². The van der Waals surface area contributed by atoms with Gasteiger partial charge in [0.05, 0.1) is 78.4 Å². The molecule has 1 saturated carbocycles. The smallest absolute Gasteiger partial charge is 0.289 e. The highest BCUT2D eigenvalue weighted by atomic mass is 35.5. The number of likely N-dealkylation sites (N-methyl/N-ethyl adjacent to an activating group) is 2. The van der Waals surface area contributed by atoms with E-state index in [0.29, 0.717) is 68.0 Å². The number of hydrogen-bond acceptors (Lipinski definition) is 21. The van der Waals surface area contributed by atoms with Crippen molar-refractivity contribution in [2.75, 3.05) is 123 Å². The number of anilines is 1. The molecule has 4 saturated heterocycles. The highest BCUT2D eigenvalue weighted by Crippen LogP contribution is 2.46. The number of sulfone groups is 1. The van der Waals surface area contributed by atoms with Crippen molar-refractivity contribution in [1.29, 1.82) is 0 Å². The maximum absolute atomic E-state index is 14.3. The summed E-state index contributed by atoms with van der Waals surface area (Å²) in [6.07, 6.45) is 9.38. The van der Waals surface area contributed by atoms with Crippen LogP contribution in [0.4, 0.5) is 14.6 Å². The Morgan fingerprint density at radius 1 is 0.447 bits per heavy atom. The van der Waals surface area contributed by atoms with Gasteiger partial charge in [0.15, 0.2) is 28.4 Å². The second-order valence-corrected chi connectivity index (χ2v) is 33.3. The molecule has 33 heteroatoms. The molecule has 1 aliphatic carbocycles. The van der Waals surface area contributed by atoms with Crippen LogP contribution in [0.1, 0.15) is 62.8 Å². The summed E-state index contributed by atoms with van der Waals surface area (Å²) in [5.74, 6) is -2.10. The van der Waals surface area contributed by atoms with Gasteiger partial charge in [-0.2, -0.15) is 29.2 Å². The number of amides is 1. The Morgan fingerprint density at radius 3 is 1.32 bits per heavy atom. The van der Waals surface area contributed by atoms with Gasteiger partial charge in [-0.25, -0.2) is 27.1 Å². The van der Waals surface area contributed by atoms with Crippen LogP contribution < -0.4 is 4.90 Å². The van der Waals surface area contributed by atoms with Crippen molar-refractivity contribution in [1.82, 2.24) is 109 Å². The van der Waals surface area contributed by atoms with E-state index in [4.69, 9.17) is 56.6 Å². The quantitative estimate of drug-likeness (QED) is 0.0728. The van der Waals surface area contributed by atoms with Crippen LogP contribution in [0, 0.1) is 0 Å². The van der Waals surface area contributed by atoms with E-state index in [-0.39, 0.29) is 40.8 Å². The minimum absolute atomic E-state index is 0.00756. The summed E-state index contributed by atoms with van der Waals surface area (Å²) in [7, 11) is 1.26. The van der Waals surface area contributed by atoms with Gasteiger partial charge in [0.25, 0.3) is 5.92 Å². The fourth-order valence-electron chi connectivity index (χ4n) is 14.6. The van der Waals surface area contributed by atoms with Gasteiger partial charge in [-0.3, -0.25) is 19.6 Å². The van der Waals surface area contributed by atoms with Crippen LogP contribution in [0.5, 0.6) is 0 Å². The number of likely N-dealkylation sites (tertiary alicyclic amines) is 1. The number of aromatic nitrogens is 17. The molecule has 4 aliphatic heterocycles. The molecule has 114 heavy (non-hydrogen) atoms. The molecule has 0 N–H and O–H groups in total. The number of pyridine rings is 1. The van der Waals surface area contributed by atoms with Gasteiger partial charge in [0.1, 0.15) is 50.5 Å². The molecular formula is C81H87Cl4F2N23O3S. The highest BCUT2D eigenvalue weighted by Gasteiger charge is 2.37. The number of nitrogens with zero attached hydrogens (tertiary/aromatic N) is 23. The Morgan fingerprint density at radius 2 is 0.860 bits per heavy atom. The van der Waals surface area contributed by atoms with Crippen molar-refractivity contribution in [3.8, 4) is 56.4 Å². The average Bonchev–Trinajstić information content (AvgIpc) is 1.61. The third-order valence-corrected chi connectivity index (χ3v) is 23.5. The maximum Gasteiger partial charge on any atom is 0.289 e. The maximum atomic E-state index is 14.3. The predicted molar refractivity (Wildman–Crippen MR) is 443 cm³/mol. The topological polar surface area (TPSA) is 258 Å². The van der Waals surface area contributed by atoms with E-state index >= 15 is 0 Å². The molecule has 26 nitrogen and oxygen atoms in total. The number of benzene rings is 4. The zero-order chi connectivity index (χ0) is 79.2. The number of piperazine rings is 2. The zero-order valence-electron chi connectivity index (χ0n) is 63.8. The first kappa shape index (κ1) is 79.5. The summed E-state index contributed by atoms with van der Waals surface area (Å²) in [6, 6.07) is 44.3. The Bertz CT molecular complexity index is 5640. The number of halogens is 6. The summed E-state index contributed by atoms with van der Waals surface area (Å²) in [5, 5.41) is 57.8. The summed E-state index contributed by atoms with van der Waals surface area (Å²) in [5.41, 5.74) is 9.80. The number of carbonyl (C=O) groups excluding carboxylic acids is 1. The van der Waals surface area contributed by atoms with E-state index in [0.717, 1.165) is 191 Å². The first-order chi connectivity index (χ1) is 55.2. The van der Waals surface area contributed by atoms with E-state index in [2.05, 4.69) is 94.6 Å². The zero-order valence-corrected chi connectivity index (χ0v) is 67.6. The van der Waals surface area contributed by atoms with E-state index in [9.17, 15) is 22.0 Å². The fraction of sp³-hybridized carbons (Fsp3) is 0.383. The summed E-state index contributed by atoms with van der Waals surface area (Å²) >= 11 is 27.0. The molecule has 9 aromatic heterocycles. The molecule has 13 aromatic rings. The van der Waals surface area contributed by atoms with Crippen LogP contribution in [0.3, 0.4) is 0 Å². The van der Waals surface area contributed by atoms with Gasteiger partial charge in [0, 0.05) is 139 Å².